The van der Waals surface area contributed by atoms with Gasteiger partial charge in [0.1, 0.15) is 15.6 Å². The largest absolute Gasteiger partial charge is 0.496 e. The van der Waals surface area contributed by atoms with Gasteiger partial charge >= 0.3 is 0 Å². The van der Waals surface area contributed by atoms with Gasteiger partial charge in [0.05, 0.1) is 12.9 Å². The summed E-state index contributed by atoms with van der Waals surface area (Å²) in [5.74, 6) is 0.941. The molecule has 0 aromatic heterocycles. The summed E-state index contributed by atoms with van der Waals surface area (Å²) >= 11 is 0. The van der Waals surface area contributed by atoms with Gasteiger partial charge in [-0.15, -0.1) is 0 Å². The summed E-state index contributed by atoms with van der Waals surface area (Å²) in [5.41, 5.74) is 1.03. The second-order valence-corrected chi connectivity index (χ2v) is 6.81. The first-order chi connectivity index (χ1) is 8.33. The number of hydrogen-bond acceptors (Lipinski definition) is 4. The summed E-state index contributed by atoms with van der Waals surface area (Å²) in [6.07, 6.45) is 1.25. The maximum atomic E-state index is 11.2. The molecule has 0 aliphatic rings. The van der Waals surface area contributed by atoms with E-state index in [1.54, 1.807) is 7.11 Å². The second kappa shape index (κ2) is 6.20. The lowest BCUT2D eigenvalue weighted by Gasteiger charge is -2.21. The maximum absolute atomic E-state index is 11.2. The minimum Gasteiger partial charge on any atom is -0.496 e. The molecular formula is C13H21NO3S. The molecule has 0 bridgehead atoms. The molecule has 0 spiro atoms. The second-order valence-electron chi connectivity index (χ2n) is 4.62. The predicted octanol–water partition coefficient (Wildman–Crippen LogP) is 1.78. The Kier molecular flexibility index (Phi) is 5.16. The molecule has 0 heterocycles. The van der Waals surface area contributed by atoms with Crippen molar-refractivity contribution in [2.24, 2.45) is 0 Å². The van der Waals surface area contributed by atoms with Crippen molar-refractivity contribution in [2.45, 2.75) is 25.9 Å². The van der Waals surface area contributed by atoms with Crippen LogP contribution in [0.25, 0.3) is 0 Å². The molecule has 0 aliphatic carbocycles. The summed E-state index contributed by atoms with van der Waals surface area (Å²) in [7, 11) is -1.33. The van der Waals surface area contributed by atoms with Crippen LogP contribution in [0.15, 0.2) is 24.3 Å². The van der Waals surface area contributed by atoms with E-state index in [0.29, 0.717) is 0 Å². The normalized spacial score (nSPS) is 15.1. The van der Waals surface area contributed by atoms with Crippen LogP contribution in [-0.2, 0) is 9.84 Å². The van der Waals surface area contributed by atoms with Crippen LogP contribution in [-0.4, -0.2) is 33.6 Å². The molecule has 1 rings (SSSR count). The highest BCUT2D eigenvalue weighted by Crippen LogP contribution is 2.24. The number of sulfone groups is 1. The zero-order valence-electron chi connectivity index (χ0n) is 11.3. The molecule has 2 atom stereocenters. The molecule has 0 aliphatic heterocycles. The van der Waals surface area contributed by atoms with Gasteiger partial charge in [0.2, 0.25) is 0 Å². The molecule has 0 saturated heterocycles. The molecule has 5 heteroatoms. The fourth-order valence-corrected chi connectivity index (χ4v) is 3.05. The van der Waals surface area contributed by atoms with Gasteiger partial charge in [-0.1, -0.05) is 18.2 Å². The number of ether oxygens (including phenoxy) is 1. The maximum Gasteiger partial charge on any atom is 0.148 e. The van der Waals surface area contributed by atoms with Crippen molar-refractivity contribution in [2.75, 3.05) is 19.1 Å². The number of nitrogens with one attached hydrogen (secondary N) is 1. The molecule has 1 N–H and O–H groups in total. The molecule has 1 aromatic rings. The van der Waals surface area contributed by atoms with Crippen molar-refractivity contribution < 1.29 is 13.2 Å². The molecule has 18 heavy (non-hydrogen) atoms. The van der Waals surface area contributed by atoms with Gasteiger partial charge in [0.25, 0.3) is 0 Å². The monoisotopic (exact) mass is 271 g/mol. The number of benzene rings is 1. The van der Waals surface area contributed by atoms with Gasteiger partial charge in [-0.2, -0.15) is 0 Å². The number of para-hydroxylation sites is 1. The molecule has 0 fully saturated rings. The zero-order valence-corrected chi connectivity index (χ0v) is 12.1. The Morgan fingerprint density at radius 3 is 2.44 bits per heavy atom. The average molecular weight is 271 g/mol. The van der Waals surface area contributed by atoms with Crippen molar-refractivity contribution in [1.29, 1.82) is 0 Å². The molecule has 4 nitrogen and oxygen atoms in total. The van der Waals surface area contributed by atoms with Crippen molar-refractivity contribution in [3.63, 3.8) is 0 Å². The summed E-state index contributed by atoms with van der Waals surface area (Å²) in [6, 6.07) is 7.67. The topological polar surface area (TPSA) is 55.4 Å². The number of hydrogen-bond donors (Lipinski definition) is 1. The van der Waals surface area contributed by atoms with Crippen LogP contribution in [0.4, 0.5) is 0 Å². The third-order valence-corrected chi connectivity index (χ3v) is 3.80. The Morgan fingerprint density at radius 2 is 1.89 bits per heavy atom. The smallest absolute Gasteiger partial charge is 0.148 e. The summed E-state index contributed by atoms with van der Waals surface area (Å²) in [4.78, 5) is 0. The molecule has 0 amide bonds. The first-order valence-corrected chi connectivity index (χ1v) is 7.96. The van der Waals surface area contributed by atoms with Crippen LogP contribution in [0.1, 0.15) is 25.5 Å². The zero-order chi connectivity index (χ0) is 13.8. The predicted molar refractivity (Wildman–Crippen MR) is 73.7 cm³/mol. The Balaban J connectivity index is 2.73. The van der Waals surface area contributed by atoms with Gasteiger partial charge in [-0.25, -0.2) is 8.42 Å². The van der Waals surface area contributed by atoms with Crippen LogP contribution < -0.4 is 10.1 Å². The van der Waals surface area contributed by atoms with E-state index in [4.69, 9.17) is 4.74 Å². The minimum absolute atomic E-state index is 0.0397. The first-order valence-electron chi connectivity index (χ1n) is 5.90. The van der Waals surface area contributed by atoms with E-state index >= 15 is 0 Å². The summed E-state index contributed by atoms with van der Waals surface area (Å²) < 4.78 is 27.7. The lowest BCUT2D eigenvalue weighted by molar-refractivity contribution is 0.398. The van der Waals surface area contributed by atoms with E-state index in [1.807, 2.05) is 38.1 Å². The lowest BCUT2D eigenvalue weighted by Crippen LogP contribution is -2.34. The molecule has 1 aromatic carbocycles. The van der Waals surface area contributed by atoms with Crippen LogP contribution in [0.2, 0.25) is 0 Å². The van der Waals surface area contributed by atoms with Crippen molar-refractivity contribution in [1.82, 2.24) is 5.32 Å². The standard InChI is InChI=1S/C13H21NO3S/c1-10(9-18(4,15)16)14-11(2)12-7-5-6-8-13(12)17-3/h5-8,10-11,14H,9H2,1-4H3/t10?,11-/m1/s1. The Labute approximate surface area is 109 Å². The third-order valence-electron chi connectivity index (χ3n) is 2.69. The van der Waals surface area contributed by atoms with E-state index in [9.17, 15) is 8.42 Å². The summed E-state index contributed by atoms with van der Waals surface area (Å²) in [5, 5.41) is 3.27. The third kappa shape index (κ3) is 4.66. The fraction of sp³-hybridized carbons (Fsp3) is 0.538. The van der Waals surface area contributed by atoms with Crippen molar-refractivity contribution >= 4 is 9.84 Å². The van der Waals surface area contributed by atoms with Gasteiger partial charge in [0.15, 0.2) is 0 Å². The molecule has 0 radical (unpaired) electrons. The minimum atomic E-state index is -2.96. The van der Waals surface area contributed by atoms with E-state index in [1.165, 1.54) is 6.26 Å². The lowest BCUT2D eigenvalue weighted by atomic mass is 10.1. The van der Waals surface area contributed by atoms with Crippen LogP contribution in [0.3, 0.4) is 0 Å². The van der Waals surface area contributed by atoms with Crippen molar-refractivity contribution in [3.05, 3.63) is 29.8 Å². The average Bonchev–Trinajstić information content (AvgIpc) is 2.26. The van der Waals surface area contributed by atoms with E-state index < -0.39 is 9.84 Å². The van der Waals surface area contributed by atoms with Crippen molar-refractivity contribution in [3.8, 4) is 5.75 Å². The number of rotatable bonds is 6. The van der Waals surface area contributed by atoms with E-state index in [0.717, 1.165) is 11.3 Å². The Hall–Kier alpha value is -1.07. The first kappa shape index (κ1) is 15.0. The highest BCUT2D eigenvalue weighted by molar-refractivity contribution is 7.90. The summed E-state index contributed by atoms with van der Waals surface area (Å²) in [6.45, 7) is 3.86. The van der Waals surface area contributed by atoms with Crippen LogP contribution in [0.5, 0.6) is 5.75 Å². The fourth-order valence-electron chi connectivity index (χ4n) is 2.04. The number of methoxy groups -OCH3 is 1. The highest BCUT2D eigenvalue weighted by Gasteiger charge is 2.16. The van der Waals surface area contributed by atoms with Gasteiger partial charge < -0.3 is 10.1 Å². The molecule has 1 unspecified atom stereocenters. The Bertz CT molecular complexity index is 485. The molecule has 102 valence electrons. The van der Waals surface area contributed by atoms with Crippen LogP contribution in [0, 0.1) is 0 Å². The SMILES string of the molecule is COc1ccccc1[C@@H](C)NC(C)CS(C)(=O)=O. The highest BCUT2D eigenvalue weighted by atomic mass is 32.2. The van der Waals surface area contributed by atoms with Gasteiger partial charge in [-0.05, 0) is 19.9 Å². The van der Waals surface area contributed by atoms with E-state index in [2.05, 4.69) is 5.32 Å². The van der Waals surface area contributed by atoms with E-state index in [-0.39, 0.29) is 17.8 Å². The van der Waals surface area contributed by atoms with Gasteiger partial charge in [0, 0.05) is 23.9 Å². The molecule has 0 saturated carbocycles. The molecular weight excluding hydrogens is 250 g/mol. The quantitative estimate of drug-likeness (QED) is 0.857. The van der Waals surface area contributed by atoms with Crippen LogP contribution >= 0.6 is 0 Å². The Morgan fingerprint density at radius 1 is 1.28 bits per heavy atom. The van der Waals surface area contributed by atoms with Gasteiger partial charge in [-0.3, -0.25) is 0 Å².